The molecule has 0 heterocycles. The molecule has 1 N–H and O–H groups in total. The van der Waals surface area contributed by atoms with Crippen molar-refractivity contribution in [2.45, 2.75) is 0 Å². The van der Waals surface area contributed by atoms with Gasteiger partial charge in [0.15, 0.2) is 11.6 Å². The van der Waals surface area contributed by atoms with Crippen LogP contribution in [0.4, 0.5) is 10.1 Å². The highest BCUT2D eigenvalue weighted by molar-refractivity contribution is 7.89. The van der Waals surface area contributed by atoms with Gasteiger partial charge < -0.3 is 4.74 Å². The van der Waals surface area contributed by atoms with E-state index in [2.05, 4.69) is 0 Å². The molecule has 138 valence electrons. The molecule has 0 saturated heterocycles. The van der Waals surface area contributed by atoms with Crippen LogP contribution < -0.4 is 9.46 Å². The second kappa shape index (κ2) is 7.44. The molecule has 0 aliphatic heterocycles. The normalized spacial score (nSPS) is 11.1. The zero-order chi connectivity index (χ0) is 19.6. The van der Waals surface area contributed by atoms with Crippen molar-refractivity contribution in [1.29, 1.82) is 0 Å². The number of hydrogen-bond acceptors (Lipinski definition) is 6. The number of sulfonamides is 1. The third-order valence-electron chi connectivity index (χ3n) is 2.87. The summed E-state index contributed by atoms with van der Waals surface area (Å²) in [5.74, 6) is -2.74. The molecule has 2 aromatic carbocycles. The molecule has 8 nitrogen and oxygen atoms in total. The maximum absolute atomic E-state index is 13.9. The van der Waals surface area contributed by atoms with E-state index in [0.29, 0.717) is 6.26 Å². The summed E-state index contributed by atoms with van der Waals surface area (Å²) in [5.41, 5.74) is -1.26. The Hall–Kier alpha value is -2.43. The lowest BCUT2D eigenvalue weighted by atomic mass is 10.1. The summed E-state index contributed by atoms with van der Waals surface area (Å²) < 4.78 is 43.1. The minimum absolute atomic E-state index is 0.0248. The molecular formula is C14H9Cl2FN2O6S. The van der Waals surface area contributed by atoms with Crippen LogP contribution in [0.2, 0.25) is 10.0 Å². The monoisotopic (exact) mass is 422 g/mol. The summed E-state index contributed by atoms with van der Waals surface area (Å²) >= 11 is 11.5. The molecule has 26 heavy (non-hydrogen) atoms. The number of carbonyl (C=O) groups is 1. The number of halogens is 3. The number of carbonyl (C=O) groups excluding carboxylic acids is 1. The lowest BCUT2D eigenvalue weighted by molar-refractivity contribution is -0.385. The predicted octanol–water partition coefficient (Wildman–Crippen LogP) is 3.52. The smallest absolute Gasteiger partial charge is 0.282 e. The van der Waals surface area contributed by atoms with Crippen LogP contribution in [0.15, 0.2) is 30.3 Å². The Kier molecular flexibility index (Phi) is 5.69. The molecule has 0 aromatic heterocycles. The second-order valence-corrected chi connectivity index (χ2v) is 7.53. The van der Waals surface area contributed by atoms with Crippen molar-refractivity contribution in [2.75, 3.05) is 6.26 Å². The van der Waals surface area contributed by atoms with Crippen molar-refractivity contribution in [2.24, 2.45) is 0 Å². The number of nitrogens with zero attached hydrogens (tertiary/aromatic N) is 1. The molecule has 1 amide bonds. The molecule has 0 radical (unpaired) electrons. The fraction of sp³-hybridized carbons (Fsp3) is 0.0714. The van der Waals surface area contributed by atoms with Gasteiger partial charge in [0.1, 0.15) is 11.3 Å². The molecule has 0 atom stereocenters. The number of rotatable bonds is 5. The molecule has 0 unspecified atom stereocenters. The Bertz CT molecular complexity index is 989. The van der Waals surface area contributed by atoms with Gasteiger partial charge in [-0.3, -0.25) is 14.9 Å². The molecule has 2 aromatic rings. The minimum Gasteiger partial charge on any atom is -0.453 e. The van der Waals surface area contributed by atoms with Crippen LogP contribution in [0.5, 0.6) is 11.5 Å². The zero-order valence-electron chi connectivity index (χ0n) is 12.8. The van der Waals surface area contributed by atoms with Crippen molar-refractivity contribution in [3.8, 4) is 11.5 Å². The van der Waals surface area contributed by atoms with E-state index in [9.17, 15) is 27.7 Å². The first-order chi connectivity index (χ1) is 12.0. The Balaban J connectivity index is 2.48. The first-order valence-corrected chi connectivity index (χ1v) is 9.25. The molecule has 2 rings (SSSR count). The van der Waals surface area contributed by atoms with Gasteiger partial charge in [-0.15, -0.1) is 0 Å². The van der Waals surface area contributed by atoms with Gasteiger partial charge in [-0.1, -0.05) is 23.2 Å². The predicted molar refractivity (Wildman–Crippen MR) is 91.9 cm³/mol. The van der Waals surface area contributed by atoms with E-state index in [0.717, 1.165) is 24.3 Å². The molecule has 0 aliphatic rings. The van der Waals surface area contributed by atoms with E-state index in [1.165, 1.54) is 6.07 Å². The van der Waals surface area contributed by atoms with Crippen LogP contribution in [-0.2, 0) is 10.0 Å². The number of amides is 1. The Morgan fingerprint density at radius 1 is 1.27 bits per heavy atom. The molecule has 0 bridgehead atoms. The van der Waals surface area contributed by atoms with Gasteiger partial charge in [-0.05, 0) is 18.2 Å². The van der Waals surface area contributed by atoms with Crippen molar-refractivity contribution in [3.05, 3.63) is 61.9 Å². The number of nitro benzene ring substituents is 1. The van der Waals surface area contributed by atoms with Crippen LogP contribution in [-0.4, -0.2) is 25.5 Å². The van der Waals surface area contributed by atoms with Gasteiger partial charge in [0.25, 0.3) is 11.6 Å². The highest BCUT2D eigenvalue weighted by Crippen LogP contribution is 2.36. The van der Waals surface area contributed by atoms with Gasteiger partial charge in [0.2, 0.25) is 10.0 Å². The lowest BCUT2D eigenvalue weighted by Gasteiger charge is -2.11. The topological polar surface area (TPSA) is 116 Å². The van der Waals surface area contributed by atoms with Gasteiger partial charge in [-0.25, -0.2) is 17.5 Å². The highest BCUT2D eigenvalue weighted by atomic mass is 35.5. The fourth-order valence-electron chi connectivity index (χ4n) is 1.89. The Morgan fingerprint density at radius 2 is 1.92 bits per heavy atom. The maximum Gasteiger partial charge on any atom is 0.282 e. The van der Waals surface area contributed by atoms with E-state index >= 15 is 0 Å². The van der Waals surface area contributed by atoms with Crippen molar-refractivity contribution >= 4 is 44.8 Å². The number of nitrogens with one attached hydrogen (secondary N) is 1. The van der Waals surface area contributed by atoms with Crippen LogP contribution in [0.25, 0.3) is 0 Å². The molecule has 0 spiro atoms. The number of hydrogen-bond donors (Lipinski definition) is 1. The highest BCUT2D eigenvalue weighted by Gasteiger charge is 2.24. The van der Waals surface area contributed by atoms with Crippen LogP contribution in [0.3, 0.4) is 0 Å². The van der Waals surface area contributed by atoms with E-state index in [1.54, 1.807) is 4.72 Å². The average molecular weight is 423 g/mol. The largest absolute Gasteiger partial charge is 0.453 e. The summed E-state index contributed by atoms with van der Waals surface area (Å²) in [6, 6.07) is 5.05. The zero-order valence-corrected chi connectivity index (χ0v) is 15.2. The molecule has 0 saturated carbocycles. The first kappa shape index (κ1) is 19.9. The van der Waals surface area contributed by atoms with E-state index in [-0.39, 0.29) is 15.8 Å². The minimum atomic E-state index is -3.96. The van der Waals surface area contributed by atoms with Gasteiger partial charge in [0.05, 0.1) is 16.2 Å². The third-order valence-corrected chi connectivity index (χ3v) is 3.93. The first-order valence-electron chi connectivity index (χ1n) is 6.61. The lowest BCUT2D eigenvalue weighted by Crippen LogP contribution is -2.29. The maximum atomic E-state index is 13.9. The van der Waals surface area contributed by atoms with E-state index in [4.69, 9.17) is 27.9 Å². The van der Waals surface area contributed by atoms with Crippen molar-refractivity contribution < 1.29 is 27.3 Å². The average Bonchev–Trinajstić information content (AvgIpc) is 2.48. The number of ether oxygens (including phenoxy) is 1. The van der Waals surface area contributed by atoms with E-state index in [1.807, 2.05) is 0 Å². The SMILES string of the molecule is CS(=O)(=O)NC(=O)c1cc(Oc2c(F)cc(Cl)cc2Cl)ccc1[N+](=O)[O-]. The van der Waals surface area contributed by atoms with Crippen LogP contribution >= 0.6 is 23.2 Å². The van der Waals surface area contributed by atoms with Gasteiger partial charge in [0, 0.05) is 17.2 Å². The van der Waals surface area contributed by atoms with Gasteiger partial charge in [-0.2, -0.15) is 0 Å². The third kappa shape index (κ3) is 4.81. The summed E-state index contributed by atoms with van der Waals surface area (Å²) in [4.78, 5) is 22.2. The number of benzene rings is 2. The summed E-state index contributed by atoms with van der Waals surface area (Å²) in [6.45, 7) is 0. The molecular weight excluding hydrogens is 414 g/mol. The fourth-order valence-corrected chi connectivity index (χ4v) is 2.84. The van der Waals surface area contributed by atoms with Crippen LogP contribution in [0.1, 0.15) is 10.4 Å². The van der Waals surface area contributed by atoms with Crippen molar-refractivity contribution in [3.63, 3.8) is 0 Å². The van der Waals surface area contributed by atoms with E-state index < -0.39 is 43.7 Å². The summed E-state index contributed by atoms with van der Waals surface area (Å²) in [6.07, 6.45) is 0.708. The molecule has 0 fully saturated rings. The van der Waals surface area contributed by atoms with Crippen molar-refractivity contribution in [1.82, 2.24) is 4.72 Å². The standard InChI is InChI=1S/C14H9Cl2FN2O6S/c1-26(23,24)18-14(20)9-6-8(2-3-12(9)19(21)22)25-13-10(16)4-7(15)5-11(13)17/h2-6H,1H3,(H,18,20). The number of nitro groups is 1. The second-order valence-electron chi connectivity index (χ2n) is 4.94. The summed E-state index contributed by atoms with van der Waals surface area (Å²) in [7, 11) is -3.96. The van der Waals surface area contributed by atoms with Crippen LogP contribution in [0, 0.1) is 15.9 Å². The van der Waals surface area contributed by atoms with Gasteiger partial charge >= 0.3 is 0 Å². The molecule has 12 heteroatoms. The Labute approximate surface area is 156 Å². The summed E-state index contributed by atoms with van der Waals surface area (Å²) in [5, 5.41) is 10.9. The quantitative estimate of drug-likeness (QED) is 0.581. The molecule has 0 aliphatic carbocycles. The Morgan fingerprint density at radius 3 is 2.46 bits per heavy atom.